The SMILES string of the molecule is CSCCCCCCN1CCNCC1C. The minimum Gasteiger partial charge on any atom is -0.314 e. The lowest BCUT2D eigenvalue weighted by Crippen LogP contribution is -2.49. The molecule has 0 bridgehead atoms. The number of piperazine rings is 1. The fraction of sp³-hybridized carbons (Fsp3) is 1.00. The second-order valence-corrected chi connectivity index (χ2v) is 5.48. The van der Waals surface area contributed by atoms with Crippen LogP contribution in [-0.2, 0) is 0 Å². The summed E-state index contributed by atoms with van der Waals surface area (Å²) in [6.07, 6.45) is 7.82. The summed E-state index contributed by atoms with van der Waals surface area (Å²) in [6, 6.07) is 0.741. The summed E-state index contributed by atoms with van der Waals surface area (Å²) in [7, 11) is 0. The Morgan fingerprint density at radius 2 is 2.07 bits per heavy atom. The number of nitrogens with zero attached hydrogens (tertiary/aromatic N) is 1. The van der Waals surface area contributed by atoms with Crippen LogP contribution in [0, 0.1) is 0 Å². The first-order valence-corrected chi connectivity index (χ1v) is 7.67. The zero-order valence-electron chi connectivity index (χ0n) is 10.3. The Morgan fingerprint density at radius 3 is 2.80 bits per heavy atom. The zero-order valence-corrected chi connectivity index (χ0v) is 11.1. The van der Waals surface area contributed by atoms with E-state index in [4.69, 9.17) is 0 Å². The molecule has 3 heteroatoms. The van der Waals surface area contributed by atoms with Gasteiger partial charge in [0, 0.05) is 25.7 Å². The second kappa shape index (κ2) is 8.43. The van der Waals surface area contributed by atoms with E-state index < -0.39 is 0 Å². The van der Waals surface area contributed by atoms with Crippen molar-refractivity contribution < 1.29 is 0 Å². The molecule has 0 aromatic rings. The first-order valence-electron chi connectivity index (χ1n) is 6.28. The van der Waals surface area contributed by atoms with Crippen molar-refractivity contribution in [2.24, 2.45) is 0 Å². The van der Waals surface area contributed by atoms with Crippen LogP contribution in [-0.4, -0.2) is 49.1 Å². The molecule has 1 fully saturated rings. The van der Waals surface area contributed by atoms with Crippen molar-refractivity contribution in [3.05, 3.63) is 0 Å². The number of hydrogen-bond donors (Lipinski definition) is 1. The van der Waals surface area contributed by atoms with E-state index >= 15 is 0 Å². The summed E-state index contributed by atoms with van der Waals surface area (Å²) < 4.78 is 0. The first-order chi connectivity index (χ1) is 7.34. The molecule has 0 spiro atoms. The van der Waals surface area contributed by atoms with Crippen molar-refractivity contribution in [3.63, 3.8) is 0 Å². The maximum atomic E-state index is 3.44. The van der Waals surface area contributed by atoms with Gasteiger partial charge >= 0.3 is 0 Å². The molecular formula is C12H26N2S. The van der Waals surface area contributed by atoms with Crippen molar-refractivity contribution >= 4 is 11.8 Å². The van der Waals surface area contributed by atoms with Crippen molar-refractivity contribution in [1.82, 2.24) is 10.2 Å². The molecule has 1 N–H and O–H groups in total. The highest BCUT2D eigenvalue weighted by atomic mass is 32.2. The van der Waals surface area contributed by atoms with Gasteiger partial charge in [-0.05, 0) is 38.3 Å². The van der Waals surface area contributed by atoms with Crippen LogP contribution in [0.25, 0.3) is 0 Å². The standard InChI is InChI=1S/C12H26N2S/c1-12-11-13-7-9-14(12)8-5-3-4-6-10-15-2/h12-13H,3-11H2,1-2H3. The molecule has 90 valence electrons. The lowest BCUT2D eigenvalue weighted by molar-refractivity contribution is 0.170. The van der Waals surface area contributed by atoms with Gasteiger partial charge in [-0.25, -0.2) is 0 Å². The molecule has 1 aliphatic heterocycles. The van der Waals surface area contributed by atoms with Gasteiger partial charge in [0.05, 0.1) is 0 Å². The minimum atomic E-state index is 0.741. The van der Waals surface area contributed by atoms with Crippen molar-refractivity contribution in [2.75, 3.05) is 38.2 Å². The summed E-state index contributed by atoms with van der Waals surface area (Å²) in [4.78, 5) is 2.63. The van der Waals surface area contributed by atoms with Gasteiger partial charge in [-0.3, -0.25) is 4.90 Å². The first kappa shape index (κ1) is 13.3. The molecule has 0 aromatic heterocycles. The fourth-order valence-electron chi connectivity index (χ4n) is 2.13. The number of hydrogen-bond acceptors (Lipinski definition) is 3. The highest BCUT2D eigenvalue weighted by Gasteiger charge is 2.16. The van der Waals surface area contributed by atoms with E-state index in [-0.39, 0.29) is 0 Å². The zero-order chi connectivity index (χ0) is 10.9. The molecule has 1 heterocycles. The Morgan fingerprint density at radius 1 is 1.27 bits per heavy atom. The molecule has 1 atom stereocenters. The third kappa shape index (κ3) is 5.79. The van der Waals surface area contributed by atoms with Crippen molar-refractivity contribution in [3.8, 4) is 0 Å². The van der Waals surface area contributed by atoms with E-state index in [1.165, 1.54) is 57.6 Å². The highest BCUT2D eigenvalue weighted by Crippen LogP contribution is 2.08. The second-order valence-electron chi connectivity index (χ2n) is 4.50. The lowest BCUT2D eigenvalue weighted by Gasteiger charge is -2.33. The molecule has 0 aromatic carbocycles. The summed E-state index contributed by atoms with van der Waals surface area (Å²) in [5, 5.41) is 3.44. The molecule has 2 nitrogen and oxygen atoms in total. The van der Waals surface area contributed by atoms with E-state index in [1.807, 2.05) is 11.8 Å². The maximum Gasteiger partial charge on any atom is 0.0192 e. The summed E-state index contributed by atoms with van der Waals surface area (Å²) in [6.45, 7) is 7.23. The fourth-order valence-corrected chi connectivity index (χ4v) is 2.62. The van der Waals surface area contributed by atoms with Gasteiger partial charge in [-0.1, -0.05) is 12.8 Å². The van der Waals surface area contributed by atoms with Crippen LogP contribution in [0.1, 0.15) is 32.6 Å². The summed E-state index contributed by atoms with van der Waals surface area (Å²) in [5.74, 6) is 1.34. The van der Waals surface area contributed by atoms with Crippen molar-refractivity contribution in [1.29, 1.82) is 0 Å². The number of rotatable bonds is 7. The normalized spacial score (nSPS) is 23.2. The third-order valence-corrected chi connectivity index (χ3v) is 3.88. The van der Waals surface area contributed by atoms with Crippen LogP contribution in [0.2, 0.25) is 0 Å². The summed E-state index contributed by atoms with van der Waals surface area (Å²) >= 11 is 1.97. The Kier molecular flexibility index (Phi) is 7.49. The van der Waals surface area contributed by atoms with Crippen LogP contribution in [0.4, 0.5) is 0 Å². The smallest absolute Gasteiger partial charge is 0.0192 e. The van der Waals surface area contributed by atoms with E-state index in [0.717, 1.165) is 6.04 Å². The van der Waals surface area contributed by atoms with Crippen LogP contribution in [0.15, 0.2) is 0 Å². The van der Waals surface area contributed by atoms with Gasteiger partial charge in [0.2, 0.25) is 0 Å². The van der Waals surface area contributed by atoms with Gasteiger partial charge in [0.1, 0.15) is 0 Å². The summed E-state index contributed by atoms with van der Waals surface area (Å²) in [5.41, 5.74) is 0. The average Bonchev–Trinajstić information content (AvgIpc) is 2.25. The predicted octanol–water partition coefficient (Wildman–Crippen LogP) is 2.20. The van der Waals surface area contributed by atoms with E-state index in [9.17, 15) is 0 Å². The van der Waals surface area contributed by atoms with Gasteiger partial charge in [0.25, 0.3) is 0 Å². The molecule has 1 unspecified atom stereocenters. The van der Waals surface area contributed by atoms with Crippen LogP contribution >= 0.6 is 11.8 Å². The quantitative estimate of drug-likeness (QED) is 0.675. The Balaban J connectivity index is 1.94. The monoisotopic (exact) mass is 230 g/mol. The Labute approximate surface area is 99.2 Å². The van der Waals surface area contributed by atoms with E-state index in [2.05, 4.69) is 23.4 Å². The van der Waals surface area contributed by atoms with Crippen molar-refractivity contribution in [2.45, 2.75) is 38.6 Å². The molecule has 0 radical (unpaired) electrons. The minimum absolute atomic E-state index is 0.741. The third-order valence-electron chi connectivity index (χ3n) is 3.18. The molecule has 0 aliphatic carbocycles. The molecule has 15 heavy (non-hydrogen) atoms. The van der Waals surface area contributed by atoms with E-state index in [0.29, 0.717) is 0 Å². The largest absolute Gasteiger partial charge is 0.314 e. The maximum absolute atomic E-state index is 3.44. The van der Waals surface area contributed by atoms with E-state index in [1.54, 1.807) is 0 Å². The van der Waals surface area contributed by atoms with Gasteiger partial charge in [-0.15, -0.1) is 0 Å². The lowest BCUT2D eigenvalue weighted by atomic mass is 10.1. The van der Waals surface area contributed by atoms with Crippen LogP contribution < -0.4 is 5.32 Å². The van der Waals surface area contributed by atoms with Gasteiger partial charge in [-0.2, -0.15) is 11.8 Å². The number of unbranched alkanes of at least 4 members (excludes halogenated alkanes) is 3. The predicted molar refractivity (Wildman–Crippen MR) is 70.8 cm³/mol. The average molecular weight is 230 g/mol. The van der Waals surface area contributed by atoms with Gasteiger partial charge < -0.3 is 5.32 Å². The Bertz CT molecular complexity index is 153. The van der Waals surface area contributed by atoms with Crippen LogP contribution in [0.5, 0.6) is 0 Å². The number of nitrogens with one attached hydrogen (secondary N) is 1. The topological polar surface area (TPSA) is 15.3 Å². The molecule has 1 aliphatic rings. The molecule has 1 rings (SSSR count). The molecular weight excluding hydrogens is 204 g/mol. The molecule has 0 saturated carbocycles. The molecule has 0 amide bonds. The van der Waals surface area contributed by atoms with Gasteiger partial charge in [0.15, 0.2) is 0 Å². The number of thioether (sulfide) groups is 1. The Hall–Kier alpha value is 0.270. The molecule has 1 saturated heterocycles. The van der Waals surface area contributed by atoms with Crippen LogP contribution in [0.3, 0.4) is 0 Å². The highest BCUT2D eigenvalue weighted by molar-refractivity contribution is 7.98.